The zero-order valence-corrected chi connectivity index (χ0v) is 24.4. The van der Waals surface area contributed by atoms with Crippen LogP contribution in [0.5, 0.6) is 5.75 Å². The molecule has 0 bridgehead atoms. The number of hydrogen-bond donors (Lipinski definition) is 0. The van der Waals surface area contributed by atoms with Crippen molar-refractivity contribution in [1.82, 2.24) is 9.13 Å². The minimum Gasteiger partial charge on any atom is -0.451 e. The Bertz CT molecular complexity index is 2570. The van der Waals surface area contributed by atoms with E-state index in [0.29, 0.717) is 0 Å². The van der Waals surface area contributed by atoms with Gasteiger partial charge in [-0.05, 0) is 55.0 Å². The van der Waals surface area contributed by atoms with E-state index in [2.05, 4.69) is 155 Å². The van der Waals surface area contributed by atoms with Crippen LogP contribution in [0.1, 0.15) is 17.9 Å². The van der Waals surface area contributed by atoms with Crippen LogP contribution in [0.2, 0.25) is 0 Å². The number of hydrogen-bond acceptors (Lipinski definition) is 1. The smallest absolute Gasteiger partial charge is 0.181 e. The Labute approximate surface area is 260 Å². The van der Waals surface area contributed by atoms with Crippen molar-refractivity contribution >= 4 is 44.5 Å². The molecule has 1 atom stereocenters. The number of benzene rings is 5. The second-order valence-corrected chi connectivity index (χ2v) is 11.9. The van der Waals surface area contributed by atoms with Gasteiger partial charge in [-0.1, -0.05) is 103 Å². The van der Waals surface area contributed by atoms with Crippen LogP contribution in [0.4, 0.5) is 0 Å². The second kappa shape index (κ2) is 9.26. The summed E-state index contributed by atoms with van der Waals surface area (Å²) < 4.78 is 11.4. The zero-order valence-electron chi connectivity index (χ0n) is 24.4. The van der Waals surface area contributed by atoms with E-state index in [1.54, 1.807) is 0 Å². The van der Waals surface area contributed by atoms with Gasteiger partial charge in [0.2, 0.25) is 0 Å². The van der Waals surface area contributed by atoms with Crippen LogP contribution < -0.4 is 15.3 Å². The van der Waals surface area contributed by atoms with Gasteiger partial charge >= 0.3 is 0 Å². The summed E-state index contributed by atoms with van der Waals surface area (Å²) in [6.45, 7) is 0. The molecule has 8 aromatic rings. The summed E-state index contributed by atoms with van der Waals surface area (Å²) in [4.78, 5) is 0. The molecule has 0 spiro atoms. The molecule has 6 aromatic carbocycles. The maximum atomic E-state index is 6.55. The largest absolute Gasteiger partial charge is 0.451 e. The molecule has 3 heterocycles. The highest BCUT2D eigenvalue weighted by molar-refractivity contribution is 6.09. The molecule has 10 rings (SSSR count). The van der Waals surface area contributed by atoms with E-state index in [-0.39, 0.29) is 5.92 Å². The molecule has 210 valence electrons. The van der Waals surface area contributed by atoms with Gasteiger partial charge in [0, 0.05) is 38.1 Å². The van der Waals surface area contributed by atoms with E-state index in [9.17, 15) is 0 Å². The number of rotatable bonds is 3. The molecule has 1 unspecified atom stereocenters. The first-order valence-electron chi connectivity index (χ1n) is 15.5. The average molecular weight is 575 g/mol. The van der Waals surface area contributed by atoms with Crippen molar-refractivity contribution in [1.29, 1.82) is 0 Å². The second-order valence-electron chi connectivity index (χ2n) is 11.9. The van der Waals surface area contributed by atoms with Crippen molar-refractivity contribution in [2.75, 3.05) is 0 Å². The number of fused-ring (bicyclic) bond motifs is 9. The Morgan fingerprint density at radius 1 is 0.578 bits per heavy atom. The van der Waals surface area contributed by atoms with Crippen LogP contribution in [0.3, 0.4) is 0 Å². The minimum absolute atomic E-state index is 0.198. The normalized spacial score (nSPS) is 14.9. The molecule has 0 radical (unpaired) electrons. The fourth-order valence-corrected chi connectivity index (χ4v) is 7.70. The van der Waals surface area contributed by atoms with E-state index >= 15 is 0 Å². The topological polar surface area (TPSA) is 19.1 Å². The quantitative estimate of drug-likeness (QED) is 0.207. The third kappa shape index (κ3) is 3.37. The van der Waals surface area contributed by atoms with E-state index in [1.165, 1.54) is 60.0 Å². The van der Waals surface area contributed by atoms with Gasteiger partial charge in [-0.3, -0.25) is 0 Å². The molecule has 0 amide bonds. The van der Waals surface area contributed by atoms with Gasteiger partial charge in [0.05, 0.1) is 39.2 Å². The maximum absolute atomic E-state index is 6.55. The highest BCUT2D eigenvalue weighted by atomic mass is 16.5. The maximum Gasteiger partial charge on any atom is 0.181 e. The van der Waals surface area contributed by atoms with Gasteiger partial charge in [0.1, 0.15) is 5.76 Å². The average Bonchev–Trinajstić information content (AvgIpc) is 3.76. The van der Waals surface area contributed by atoms with Crippen LogP contribution in [0.25, 0.3) is 67.0 Å². The van der Waals surface area contributed by atoms with Crippen LogP contribution in [0, 0.1) is 12.1 Å². The zero-order chi connectivity index (χ0) is 29.5. The summed E-state index contributed by atoms with van der Waals surface area (Å²) in [7, 11) is 0. The molecule has 2 aromatic heterocycles. The number of ether oxygens (including phenoxy) is 1. The van der Waals surface area contributed by atoms with Crippen molar-refractivity contribution in [3.8, 4) is 28.3 Å². The summed E-state index contributed by atoms with van der Waals surface area (Å²) in [6, 6.07) is 54.1. The van der Waals surface area contributed by atoms with Gasteiger partial charge in [-0.15, -0.1) is 0 Å². The van der Waals surface area contributed by atoms with E-state index < -0.39 is 0 Å². The molecule has 45 heavy (non-hydrogen) atoms. The molecule has 3 heteroatoms. The molecule has 0 N–H and O–H groups in total. The predicted molar refractivity (Wildman–Crippen MR) is 182 cm³/mol. The molecular weight excluding hydrogens is 548 g/mol. The molecule has 2 aliphatic rings. The van der Waals surface area contributed by atoms with Crippen molar-refractivity contribution < 1.29 is 4.74 Å². The first-order chi connectivity index (χ1) is 22.4. The fraction of sp³-hybridized carbons (Fsp3) is 0.0476. The number of para-hydroxylation sites is 5. The number of nitrogens with zero attached hydrogens (tertiary/aromatic N) is 2. The Balaban J connectivity index is 1.27. The molecule has 3 nitrogen and oxygen atoms in total. The van der Waals surface area contributed by atoms with Gasteiger partial charge in [-0.25, -0.2) is 0 Å². The Kier molecular flexibility index (Phi) is 5.03. The van der Waals surface area contributed by atoms with Crippen molar-refractivity contribution in [3.63, 3.8) is 0 Å². The lowest BCUT2D eigenvalue weighted by atomic mass is 9.91. The lowest BCUT2D eigenvalue weighted by Gasteiger charge is -2.18. The van der Waals surface area contributed by atoms with Crippen LogP contribution in [-0.2, 0) is 0 Å². The van der Waals surface area contributed by atoms with Gasteiger partial charge in [-0.2, -0.15) is 0 Å². The first-order valence-corrected chi connectivity index (χ1v) is 15.5. The molecule has 0 saturated carbocycles. The third-order valence-corrected chi connectivity index (χ3v) is 9.56. The monoisotopic (exact) mass is 574 g/mol. The molecule has 0 saturated heterocycles. The molecular formula is C42H26N2O. The first kappa shape index (κ1) is 24.5. The summed E-state index contributed by atoms with van der Waals surface area (Å²) in [5.41, 5.74) is 9.44. The molecule has 0 fully saturated rings. The van der Waals surface area contributed by atoms with Gasteiger partial charge in [0.15, 0.2) is 5.75 Å². The van der Waals surface area contributed by atoms with E-state index in [4.69, 9.17) is 4.74 Å². The summed E-state index contributed by atoms with van der Waals surface area (Å²) >= 11 is 0. The Morgan fingerprint density at radius 3 is 1.82 bits per heavy atom. The van der Waals surface area contributed by atoms with Crippen molar-refractivity contribution in [3.05, 3.63) is 162 Å². The highest BCUT2D eigenvalue weighted by Crippen LogP contribution is 2.43. The predicted octanol–water partition coefficient (Wildman–Crippen LogP) is 8.46. The number of aromatic nitrogens is 2. The highest BCUT2D eigenvalue weighted by Gasteiger charge is 2.33. The van der Waals surface area contributed by atoms with E-state index in [1.807, 2.05) is 6.07 Å². The Morgan fingerprint density at radius 2 is 1.13 bits per heavy atom. The summed E-state index contributed by atoms with van der Waals surface area (Å²) in [5.74, 6) is 2.02. The summed E-state index contributed by atoms with van der Waals surface area (Å²) in [6.07, 6.45) is 3.28. The lowest BCUT2D eigenvalue weighted by molar-refractivity contribution is 0.509. The van der Waals surface area contributed by atoms with E-state index in [0.717, 1.165) is 29.3 Å². The van der Waals surface area contributed by atoms with Crippen molar-refractivity contribution in [2.24, 2.45) is 0 Å². The molecule has 1 aliphatic carbocycles. The summed E-state index contributed by atoms with van der Waals surface area (Å²) in [5, 5.41) is 6.08. The minimum atomic E-state index is 0.198. The SMILES string of the molecule is c1ccc2c(c#1)OC1=c3c(n(-c4ccccc4-c4ccccc4-n4c5ccccc5c5ccccc54)c4ccccc34)=CCC12. The van der Waals surface area contributed by atoms with Crippen LogP contribution >= 0.6 is 0 Å². The lowest BCUT2D eigenvalue weighted by Crippen LogP contribution is -2.35. The van der Waals surface area contributed by atoms with Crippen molar-refractivity contribution in [2.45, 2.75) is 12.3 Å². The standard InChI is InChI=1S/C42H26N2O/c1-7-19-34-27(13-1)28-14-2-8-20-35(28)43(34)36-21-9-3-15-29(36)30-16-4-10-22-37(30)44-38-23-11-5-18-33(38)41-39(44)26-25-32-31-17-6-12-24-40(31)45-42(32)41/h1-11,13-23,26,32H,25H2. The third-order valence-electron chi connectivity index (χ3n) is 9.56. The molecule has 1 aliphatic heterocycles. The van der Waals surface area contributed by atoms with Gasteiger partial charge in [0.25, 0.3) is 0 Å². The van der Waals surface area contributed by atoms with Gasteiger partial charge < -0.3 is 13.9 Å². The fourth-order valence-electron chi connectivity index (χ4n) is 7.70. The Hall–Kier alpha value is -5.98. The van der Waals surface area contributed by atoms with Crippen LogP contribution in [-0.4, -0.2) is 9.13 Å². The van der Waals surface area contributed by atoms with Crippen LogP contribution in [0.15, 0.2) is 133 Å².